The molecule has 1 fully saturated rings. The number of nitrogens with one attached hydrogen (secondary N) is 1. The van der Waals surface area contributed by atoms with Crippen LogP contribution in [0.4, 0.5) is 4.79 Å². The summed E-state index contributed by atoms with van der Waals surface area (Å²) in [5, 5.41) is 2.94. The molecule has 0 aromatic heterocycles. The Labute approximate surface area is 131 Å². The molecule has 0 aliphatic carbocycles. The standard InChI is InChI=1S/C17H24N2O3/c1-13(20)15-8-11-19(12-9-15)17(21)18-10-7-14-3-5-16(22-2)6-4-14/h3-6,15H,7-12H2,1-2H3,(H,18,21). The average Bonchev–Trinajstić information content (AvgIpc) is 2.55. The number of carbonyl (C=O) groups is 2. The number of rotatable bonds is 5. The monoisotopic (exact) mass is 304 g/mol. The van der Waals surface area contributed by atoms with Crippen molar-refractivity contribution in [1.82, 2.24) is 10.2 Å². The quantitative estimate of drug-likeness (QED) is 0.907. The average molecular weight is 304 g/mol. The van der Waals surface area contributed by atoms with E-state index >= 15 is 0 Å². The van der Waals surface area contributed by atoms with Crippen LogP contribution in [0.2, 0.25) is 0 Å². The Kier molecular flexibility index (Phi) is 5.81. The zero-order chi connectivity index (χ0) is 15.9. The van der Waals surface area contributed by atoms with Crippen LogP contribution in [0.5, 0.6) is 5.75 Å². The second-order valence-electron chi connectivity index (χ2n) is 5.70. The lowest BCUT2D eigenvalue weighted by molar-refractivity contribution is -0.121. The predicted octanol–water partition coefficient (Wildman–Crippen LogP) is 2.25. The van der Waals surface area contributed by atoms with Crippen molar-refractivity contribution >= 4 is 11.8 Å². The zero-order valence-corrected chi connectivity index (χ0v) is 13.3. The highest BCUT2D eigenvalue weighted by Gasteiger charge is 2.24. The second-order valence-corrected chi connectivity index (χ2v) is 5.70. The minimum absolute atomic E-state index is 0.0319. The van der Waals surface area contributed by atoms with Crippen molar-refractivity contribution < 1.29 is 14.3 Å². The maximum atomic E-state index is 12.1. The predicted molar refractivity (Wildman–Crippen MR) is 85.1 cm³/mol. The summed E-state index contributed by atoms with van der Waals surface area (Å²) in [5.74, 6) is 1.20. The van der Waals surface area contributed by atoms with Gasteiger partial charge in [-0.2, -0.15) is 0 Å². The van der Waals surface area contributed by atoms with Crippen LogP contribution in [0.1, 0.15) is 25.3 Å². The van der Waals surface area contributed by atoms with Gasteiger partial charge in [-0.25, -0.2) is 4.79 Å². The SMILES string of the molecule is COc1ccc(CCNC(=O)N2CCC(C(C)=O)CC2)cc1. The van der Waals surface area contributed by atoms with E-state index in [2.05, 4.69) is 5.32 Å². The van der Waals surface area contributed by atoms with Gasteiger partial charge in [0.1, 0.15) is 11.5 Å². The number of urea groups is 1. The molecule has 0 unspecified atom stereocenters. The van der Waals surface area contributed by atoms with Crippen molar-refractivity contribution in [1.29, 1.82) is 0 Å². The van der Waals surface area contributed by atoms with Crippen LogP contribution in [-0.4, -0.2) is 43.5 Å². The molecule has 1 aromatic rings. The van der Waals surface area contributed by atoms with Gasteiger partial charge in [0.05, 0.1) is 7.11 Å². The van der Waals surface area contributed by atoms with Crippen LogP contribution in [0.25, 0.3) is 0 Å². The summed E-state index contributed by atoms with van der Waals surface area (Å²) >= 11 is 0. The Balaban J connectivity index is 1.70. The molecular weight excluding hydrogens is 280 g/mol. The molecule has 2 rings (SSSR count). The molecule has 5 nitrogen and oxygen atoms in total. The number of amides is 2. The summed E-state index contributed by atoms with van der Waals surface area (Å²) in [4.78, 5) is 25.2. The van der Waals surface area contributed by atoms with E-state index in [9.17, 15) is 9.59 Å². The van der Waals surface area contributed by atoms with Gasteiger partial charge in [0.25, 0.3) is 0 Å². The van der Waals surface area contributed by atoms with E-state index in [4.69, 9.17) is 4.74 Å². The lowest BCUT2D eigenvalue weighted by Gasteiger charge is -2.30. The molecule has 1 aromatic carbocycles. The van der Waals surface area contributed by atoms with Gasteiger partial charge in [-0.1, -0.05) is 12.1 Å². The van der Waals surface area contributed by atoms with Gasteiger partial charge in [0.15, 0.2) is 0 Å². The largest absolute Gasteiger partial charge is 0.497 e. The van der Waals surface area contributed by atoms with E-state index < -0.39 is 0 Å². The van der Waals surface area contributed by atoms with E-state index in [1.165, 1.54) is 0 Å². The van der Waals surface area contributed by atoms with E-state index in [1.54, 1.807) is 18.9 Å². The Morgan fingerprint density at radius 1 is 1.23 bits per heavy atom. The smallest absolute Gasteiger partial charge is 0.317 e. The number of benzene rings is 1. The van der Waals surface area contributed by atoms with Crippen LogP contribution in [-0.2, 0) is 11.2 Å². The Morgan fingerprint density at radius 2 is 1.86 bits per heavy atom. The van der Waals surface area contributed by atoms with Crippen molar-refractivity contribution in [3.05, 3.63) is 29.8 Å². The molecule has 1 aliphatic heterocycles. The number of ketones is 1. The maximum absolute atomic E-state index is 12.1. The molecule has 1 aliphatic rings. The number of hydrogen-bond donors (Lipinski definition) is 1. The Hall–Kier alpha value is -2.04. The number of nitrogens with zero attached hydrogens (tertiary/aromatic N) is 1. The van der Waals surface area contributed by atoms with Crippen molar-refractivity contribution in [3.8, 4) is 5.75 Å². The Bertz CT molecular complexity index is 505. The third kappa shape index (κ3) is 4.48. The molecule has 0 radical (unpaired) electrons. The van der Waals surface area contributed by atoms with Crippen molar-refractivity contribution in [3.63, 3.8) is 0 Å². The van der Waals surface area contributed by atoms with Crippen LogP contribution in [0, 0.1) is 5.92 Å². The summed E-state index contributed by atoms with van der Waals surface area (Å²) in [6.07, 6.45) is 2.35. The van der Waals surface area contributed by atoms with Gasteiger partial charge < -0.3 is 15.0 Å². The summed E-state index contributed by atoms with van der Waals surface area (Å²) in [6, 6.07) is 7.82. The third-order valence-electron chi connectivity index (χ3n) is 4.21. The third-order valence-corrected chi connectivity index (χ3v) is 4.21. The molecule has 0 saturated carbocycles. The van der Waals surface area contributed by atoms with E-state index in [0.29, 0.717) is 19.6 Å². The van der Waals surface area contributed by atoms with Gasteiger partial charge in [-0.15, -0.1) is 0 Å². The summed E-state index contributed by atoms with van der Waals surface area (Å²) in [5.41, 5.74) is 1.16. The maximum Gasteiger partial charge on any atom is 0.317 e. The van der Waals surface area contributed by atoms with Gasteiger partial charge in [0, 0.05) is 25.6 Å². The van der Waals surface area contributed by atoms with Gasteiger partial charge in [0.2, 0.25) is 0 Å². The fourth-order valence-electron chi connectivity index (χ4n) is 2.71. The van der Waals surface area contributed by atoms with E-state index in [1.807, 2.05) is 24.3 Å². The first-order valence-electron chi connectivity index (χ1n) is 7.76. The van der Waals surface area contributed by atoms with Gasteiger partial charge in [-0.05, 0) is 43.9 Å². The molecule has 22 heavy (non-hydrogen) atoms. The van der Waals surface area contributed by atoms with Crippen molar-refractivity contribution in [2.45, 2.75) is 26.2 Å². The van der Waals surface area contributed by atoms with Crippen molar-refractivity contribution in [2.24, 2.45) is 5.92 Å². The molecule has 0 atom stereocenters. The second kappa shape index (κ2) is 7.82. The van der Waals surface area contributed by atoms with Crippen LogP contribution in [0.15, 0.2) is 24.3 Å². The highest BCUT2D eigenvalue weighted by molar-refractivity contribution is 5.79. The van der Waals surface area contributed by atoms with Crippen LogP contribution in [0.3, 0.4) is 0 Å². The number of piperidine rings is 1. The van der Waals surface area contributed by atoms with Gasteiger partial charge >= 0.3 is 6.03 Å². The molecule has 1 saturated heterocycles. The van der Waals surface area contributed by atoms with Crippen LogP contribution >= 0.6 is 0 Å². The topological polar surface area (TPSA) is 58.6 Å². The summed E-state index contributed by atoms with van der Waals surface area (Å²) in [7, 11) is 1.64. The van der Waals surface area contributed by atoms with Gasteiger partial charge in [-0.3, -0.25) is 4.79 Å². The number of methoxy groups -OCH3 is 1. The fourth-order valence-corrected chi connectivity index (χ4v) is 2.71. The number of carbonyl (C=O) groups excluding carboxylic acids is 2. The fraction of sp³-hybridized carbons (Fsp3) is 0.529. The molecule has 120 valence electrons. The zero-order valence-electron chi connectivity index (χ0n) is 13.3. The van der Waals surface area contributed by atoms with Crippen LogP contribution < -0.4 is 10.1 Å². The molecular formula is C17H24N2O3. The van der Waals surface area contributed by atoms with E-state index in [0.717, 1.165) is 30.6 Å². The highest BCUT2D eigenvalue weighted by atomic mass is 16.5. The lowest BCUT2D eigenvalue weighted by atomic mass is 9.93. The number of hydrogen-bond acceptors (Lipinski definition) is 3. The molecule has 1 N–H and O–H groups in total. The minimum Gasteiger partial charge on any atom is -0.497 e. The number of Topliss-reactive ketones (excluding diaryl/α,β-unsaturated/α-hetero) is 1. The lowest BCUT2D eigenvalue weighted by Crippen LogP contribution is -2.45. The number of ether oxygens (including phenoxy) is 1. The number of likely N-dealkylation sites (tertiary alicyclic amines) is 1. The molecule has 2 amide bonds. The first kappa shape index (κ1) is 16.3. The first-order chi connectivity index (χ1) is 10.6. The normalized spacial score (nSPS) is 15.5. The molecule has 5 heteroatoms. The molecule has 0 spiro atoms. The minimum atomic E-state index is -0.0319. The van der Waals surface area contributed by atoms with E-state index in [-0.39, 0.29) is 17.7 Å². The molecule has 0 bridgehead atoms. The highest BCUT2D eigenvalue weighted by Crippen LogP contribution is 2.17. The first-order valence-corrected chi connectivity index (χ1v) is 7.76. The van der Waals surface area contributed by atoms with Crippen molar-refractivity contribution in [2.75, 3.05) is 26.7 Å². The Morgan fingerprint density at radius 3 is 2.41 bits per heavy atom. The molecule has 1 heterocycles. The summed E-state index contributed by atoms with van der Waals surface area (Å²) in [6.45, 7) is 3.57. The summed E-state index contributed by atoms with van der Waals surface area (Å²) < 4.78 is 5.12.